The minimum atomic E-state index is -0.436. The fraction of sp³-hybridized carbons (Fsp3) is 0.500. The summed E-state index contributed by atoms with van der Waals surface area (Å²) in [6.45, 7) is 9.27. The molecule has 0 bridgehead atoms. The van der Waals surface area contributed by atoms with Gasteiger partial charge in [0.2, 0.25) is 11.7 Å². The Labute approximate surface area is 135 Å². The summed E-state index contributed by atoms with van der Waals surface area (Å²) in [5.74, 6) is 0.962. The van der Waals surface area contributed by atoms with E-state index < -0.39 is 4.92 Å². The molecule has 0 saturated heterocycles. The van der Waals surface area contributed by atoms with Gasteiger partial charge in [-0.15, -0.1) is 0 Å². The second-order valence-corrected chi connectivity index (χ2v) is 6.77. The molecule has 1 atom stereocenters. The highest BCUT2D eigenvalue weighted by atomic mass is 16.6. The maximum Gasteiger partial charge on any atom is 0.269 e. The lowest BCUT2D eigenvalue weighted by atomic mass is 9.87. The largest absolute Gasteiger partial charge is 0.338 e. The van der Waals surface area contributed by atoms with Crippen LogP contribution in [0.3, 0.4) is 0 Å². The number of rotatable bonds is 5. The van der Waals surface area contributed by atoms with Gasteiger partial charge < -0.3 is 4.52 Å². The molecule has 1 heterocycles. The Hall–Kier alpha value is -2.28. The van der Waals surface area contributed by atoms with Crippen molar-refractivity contribution in [3.63, 3.8) is 0 Å². The van der Waals surface area contributed by atoms with Crippen LogP contribution in [0.2, 0.25) is 0 Å². The molecule has 0 radical (unpaired) electrons. The summed E-state index contributed by atoms with van der Waals surface area (Å²) < 4.78 is 5.29. The molecule has 0 saturated carbocycles. The van der Waals surface area contributed by atoms with Crippen molar-refractivity contribution < 1.29 is 9.45 Å². The number of non-ortho nitro benzene ring substituents is 1. The highest BCUT2D eigenvalue weighted by Gasteiger charge is 2.25. The minimum Gasteiger partial charge on any atom is -0.338 e. The normalized spacial score (nSPS) is 13.3. The van der Waals surface area contributed by atoms with E-state index in [1.165, 1.54) is 12.1 Å². The maximum atomic E-state index is 10.7. The fourth-order valence-electron chi connectivity index (χ4n) is 2.18. The molecule has 0 aliphatic carbocycles. The number of hydrogen-bond acceptors (Lipinski definition) is 6. The molecular formula is C16H22N4O3. The van der Waals surface area contributed by atoms with E-state index in [1.54, 1.807) is 12.1 Å². The summed E-state index contributed by atoms with van der Waals surface area (Å²) in [5, 5.41) is 14.6. The van der Waals surface area contributed by atoms with Gasteiger partial charge in [-0.25, -0.2) is 0 Å². The van der Waals surface area contributed by atoms with E-state index in [9.17, 15) is 10.1 Å². The van der Waals surface area contributed by atoms with Crippen LogP contribution >= 0.6 is 0 Å². The van der Waals surface area contributed by atoms with Crippen LogP contribution in [0, 0.1) is 15.5 Å². The minimum absolute atomic E-state index is 0.0382. The first-order chi connectivity index (χ1) is 10.7. The average molecular weight is 318 g/mol. The molecule has 2 rings (SSSR count). The van der Waals surface area contributed by atoms with E-state index in [4.69, 9.17) is 4.52 Å². The van der Waals surface area contributed by atoms with Gasteiger partial charge in [-0.3, -0.25) is 15.0 Å². The zero-order valence-electron chi connectivity index (χ0n) is 14.1. The summed E-state index contributed by atoms with van der Waals surface area (Å²) in [4.78, 5) is 16.8. The van der Waals surface area contributed by atoms with Gasteiger partial charge in [0.05, 0.1) is 11.5 Å². The van der Waals surface area contributed by atoms with Gasteiger partial charge >= 0.3 is 0 Å². The van der Waals surface area contributed by atoms with Gasteiger partial charge in [-0.1, -0.05) is 25.9 Å². The average Bonchev–Trinajstić information content (AvgIpc) is 2.94. The van der Waals surface area contributed by atoms with Crippen molar-refractivity contribution in [2.75, 3.05) is 7.05 Å². The maximum absolute atomic E-state index is 10.7. The second kappa shape index (κ2) is 6.45. The number of benzene rings is 1. The van der Waals surface area contributed by atoms with Crippen LogP contribution in [-0.4, -0.2) is 33.1 Å². The molecule has 23 heavy (non-hydrogen) atoms. The highest BCUT2D eigenvalue weighted by Crippen LogP contribution is 2.25. The standard InChI is InChI=1S/C16H22N4O3/c1-11(16(2,3)4)19(5)10-14-17-15(18-23-14)12-6-8-13(9-7-12)20(21)22/h6-9,11H,10H2,1-5H3/t11-/m0/s1. The summed E-state index contributed by atoms with van der Waals surface area (Å²) in [6.07, 6.45) is 0. The second-order valence-electron chi connectivity index (χ2n) is 6.77. The van der Waals surface area contributed by atoms with Crippen LogP contribution in [-0.2, 0) is 6.54 Å². The lowest BCUT2D eigenvalue weighted by Gasteiger charge is -2.34. The Bertz CT molecular complexity index is 673. The summed E-state index contributed by atoms with van der Waals surface area (Å²) >= 11 is 0. The molecule has 2 aromatic rings. The zero-order valence-corrected chi connectivity index (χ0v) is 14.1. The molecule has 0 N–H and O–H groups in total. The Kier molecular flexibility index (Phi) is 4.79. The molecule has 1 aromatic heterocycles. The van der Waals surface area contributed by atoms with Gasteiger partial charge in [0, 0.05) is 23.7 Å². The number of nitrogens with zero attached hydrogens (tertiary/aromatic N) is 4. The zero-order chi connectivity index (χ0) is 17.2. The molecule has 0 spiro atoms. The van der Waals surface area contributed by atoms with E-state index in [1.807, 2.05) is 7.05 Å². The van der Waals surface area contributed by atoms with Crippen molar-refractivity contribution in [2.45, 2.75) is 40.3 Å². The smallest absolute Gasteiger partial charge is 0.269 e. The van der Waals surface area contributed by atoms with Crippen molar-refractivity contribution in [2.24, 2.45) is 5.41 Å². The Morgan fingerprint density at radius 3 is 2.43 bits per heavy atom. The van der Waals surface area contributed by atoms with Crippen LogP contribution < -0.4 is 0 Å². The van der Waals surface area contributed by atoms with Gasteiger partial charge in [-0.2, -0.15) is 4.98 Å². The van der Waals surface area contributed by atoms with E-state index in [2.05, 4.69) is 42.7 Å². The first kappa shape index (κ1) is 17.1. The van der Waals surface area contributed by atoms with Crippen molar-refractivity contribution in [1.29, 1.82) is 0 Å². The third-order valence-electron chi connectivity index (χ3n) is 4.10. The van der Waals surface area contributed by atoms with Gasteiger partial charge in [-0.05, 0) is 31.5 Å². The molecule has 7 nitrogen and oxygen atoms in total. The molecule has 0 unspecified atom stereocenters. The monoisotopic (exact) mass is 318 g/mol. The van der Waals surface area contributed by atoms with Crippen LogP contribution in [0.1, 0.15) is 33.6 Å². The molecular weight excluding hydrogens is 296 g/mol. The molecule has 1 aromatic carbocycles. The predicted octanol–water partition coefficient (Wildman–Crippen LogP) is 3.51. The third-order valence-corrected chi connectivity index (χ3v) is 4.10. The third kappa shape index (κ3) is 4.13. The van der Waals surface area contributed by atoms with E-state index in [0.29, 0.717) is 29.9 Å². The molecule has 0 amide bonds. The van der Waals surface area contributed by atoms with Gasteiger partial charge in [0.1, 0.15) is 0 Å². The fourth-order valence-corrected chi connectivity index (χ4v) is 2.18. The van der Waals surface area contributed by atoms with Crippen LogP contribution in [0.25, 0.3) is 11.4 Å². The molecule has 7 heteroatoms. The van der Waals surface area contributed by atoms with Crippen molar-refractivity contribution in [3.8, 4) is 11.4 Å². The molecule has 0 fully saturated rings. The van der Waals surface area contributed by atoms with Crippen LogP contribution in [0.4, 0.5) is 5.69 Å². The Morgan fingerprint density at radius 2 is 1.91 bits per heavy atom. The van der Waals surface area contributed by atoms with Crippen LogP contribution in [0.15, 0.2) is 28.8 Å². The predicted molar refractivity (Wildman–Crippen MR) is 86.8 cm³/mol. The Morgan fingerprint density at radius 1 is 1.30 bits per heavy atom. The summed E-state index contributed by atoms with van der Waals surface area (Å²) in [7, 11) is 2.02. The van der Waals surface area contributed by atoms with Gasteiger partial charge in [0.25, 0.3) is 5.69 Å². The van der Waals surface area contributed by atoms with E-state index in [-0.39, 0.29) is 11.1 Å². The number of nitro groups is 1. The SMILES string of the molecule is C[C@H](N(C)Cc1nc(-c2ccc([N+](=O)[O-])cc2)no1)C(C)(C)C. The lowest BCUT2D eigenvalue weighted by Crippen LogP contribution is -2.38. The van der Waals surface area contributed by atoms with Crippen LogP contribution in [0.5, 0.6) is 0 Å². The quantitative estimate of drug-likeness (QED) is 0.619. The molecule has 124 valence electrons. The summed E-state index contributed by atoms with van der Waals surface area (Å²) in [5.41, 5.74) is 0.879. The highest BCUT2D eigenvalue weighted by molar-refractivity contribution is 5.56. The first-order valence-electron chi connectivity index (χ1n) is 7.46. The Balaban J connectivity index is 2.10. The number of nitro benzene ring substituents is 1. The molecule has 0 aliphatic rings. The van der Waals surface area contributed by atoms with Gasteiger partial charge in [0.15, 0.2) is 0 Å². The van der Waals surface area contributed by atoms with E-state index in [0.717, 1.165) is 0 Å². The lowest BCUT2D eigenvalue weighted by molar-refractivity contribution is -0.384. The van der Waals surface area contributed by atoms with Crippen molar-refractivity contribution in [1.82, 2.24) is 15.0 Å². The van der Waals surface area contributed by atoms with Crippen molar-refractivity contribution >= 4 is 5.69 Å². The molecule has 0 aliphatic heterocycles. The number of hydrogen-bond donors (Lipinski definition) is 0. The first-order valence-corrected chi connectivity index (χ1v) is 7.46. The topological polar surface area (TPSA) is 85.3 Å². The van der Waals surface area contributed by atoms with E-state index >= 15 is 0 Å². The summed E-state index contributed by atoms with van der Waals surface area (Å²) in [6, 6.07) is 6.44. The van der Waals surface area contributed by atoms with Crippen molar-refractivity contribution in [3.05, 3.63) is 40.3 Å². The number of aromatic nitrogens is 2.